The normalized spacial score (nSPS) is 15.1. The molecule has 1 aliphatic rings. The lowest BCUT2D eigenvalue weighted by Crippen LogP contribution is -2.27. The number of benzene rings is 1. The Hall–Kier alpha value is -2.56. The Balaban J connectivity index is 1.80. The van der Waals surface area contributed by atoms with Gasteiger partial charge in [0.25, 0.3) is 5.56 Å². The highest BCUT2D eigenvalue weighted by molar-refractivity contribution is 5.87. The highest BCUT2D eigenvalue weighted by Crippen LogP contribution is 2.18. The fourth-order valence-corrected chi connectivity index (χ4v) is 3.11. The zero-order chi connectivity index (χ0) is 16.9. The summed E-state index contributed by atoms with van der Waals surface area (Å²) in [6, 6.07) is 10.2. The minimum absolute atomic E-state index is 0.0455. The van der Waals surface area contributed by atoms with E-state index >= 15 is 0 Å². The van der Waals surface area contributed by atoms with Gasteiger partial charge < -0.3 is 14.6 Å². The fraction of sp³-hybridized carbons (Fsp3) is 0.368. The monoisotopic (exact) mass is 326 g/mol. The van der Waals surface area contributed by atoms with Gasteiger partial charge in [-0.25, -0.2) is 4.79 Å². The first kappa shape index (κ1) is 16.3. The van der Waals surface area contributed by atoms with Crippen LogP contribution in [-0.4, -0.2) is 28.7 Å². The maximum absolute atomic E-state index is 12.2. The van der Waals surface area contributed by atoms with Crippen LogP contribution < -0.4 is 10.5 Å². The Morgan fingerprint density at radius 3 is 2.25 bits per heavy atom. The summed E-state index contributed by atoms with van der Waals surface area (Å²) in [6.07, 6.45) is 6.84. The minimum Gasteiger partial charge on any atom is -0.478 e. The molecule has 0 spiro atoms. The van der Waals surface area contributed by atoms with Crippen LogP contribution in [0.4, 0.5) is 5.69 Å². The maximum atomic E-state index is 12.2. The van der Waals surface area contributed by atoms with E-state index in [-0.39, 0.29) is 11.1 Å². The van der Waals surface area contributed by atoms with Gasteiger partial charge in [-0.3, -0.25) is 4.79 Å². The molecular formula is C19H22N2O3. The molecule has 0 atom stereocenters. The third-order valence-corrected chi connectivity index (χ3v) is 4.49. The van der Waals surface area contributed by atoms with Crippen LogP contribution in [0.1, 0.15) is 41.6 Å². The number of nitrogens with zero attached hydrogens (tertiary/aromatic N) is 2. The SMILES string of the molecule is O=C(O)c1ccc(Cn2cc(N3CCCCCC3)ccc2=O)cc1. The molecule has 3 rings (SSSR count). The van der Waals surface area contributed by atoms with E-state index < -0.39 is 5.97 Å². The second-order valence-corrected chi connectivity index (χ2v) is 6.26. The average molecular weight is 326 g/mol. The number of carboxylic acid groups (broad SMARTS) is 1. The number of carboxylic acids is 1. The zero-order valence-corrected chi connectivity index (χ0v) is 13.6. The number of hydrogen-bond acceptors (Lipinski definition) is 3. The lowest BCUT2D eigenvalue weighted by molar-refractivity contribution is 0.0697. The van der Waals surface area contributed by atoms with Crippen molar-refractivity contribution < 1.29 is 9.90 Å². The summed E-state index contributed by atoms with van der Waals surface area (Å²) in [4.78, 5) is 25.4. The van der Waals surface area contributed by atoms with E-state index in [0.717, 1.165) is 24.3 Å². The van der Waals surface area contributed by atoms with Crippen molar-refractivity contribution in [3.05, 3.63) is 64.1 Å². The molecular weight excluding hydrogens is 304 g/mol. The number of rotatable bonds is 4. The number of anilines is 1. The molecule has 2 aromatic rings. The van der Waals surface area contributed by atoms with Gasteiger partial charge in [0.15, 0.2) is 0 Å². The van der Waals surface area contributed by atoms with E-state index in [9.17, 15) is 9.59 Å². The smallest absolute Gasteiger partial charge is 0.335 e. The van der Waals surface area contributed by atoms with Crippen LogP contribution in [0.3, 0.4) is 0 Å². The number of hydrogen-bond donors (Lipinski definition) is 1. The molecule has 0 bridgehead atoms. The van der Waals surface area contributed by atoms with Crippen molar-refractivity contribution in [3.63, 3.8) is 0 Å². The first-order valence-electron chi connectivity index (χ1n) is 8.41. The van der Waals surface area contributed by atoms with Gasteiger partial charge in [-0.15, -0.1) is 0 Å². The predicted molar refractivity (Wildman–Crippen MR) is 93.9 cm³/mol. The van der Waals surface area contributed by atoms with Crippen molar-refractivity contribution in [2.75, 3.05) is 18.0 Å². The first-order valence-corrected chi connectivity index (χ1v) is 8.41. The third-order valence-electron chi connectivity index (χ3n) is 4.49. The van der Waals surface area contributed by atoms with E-state index in [1.165, 1.54) is 25.7 Å². The molecule has 24 heavy (non-hydrogen) atoms. The highest BCUT2D eigenvalue weighted by atomic mass is 16.4. The standard InChI is InChI=1S/C19H22N2O3/c22-18-10-9-17(20-11-3-1-2-4-12-20)14-21(18)13-15-5-7-16(8-6-15)19(23)24/h5-10,14H,1-4,11-13H2,(H,23,24). The molecule has 1 aromatic heterocycles. The fourth-order valence-electron chi connectivity index (χ4n) is 3.11. The molecule has 0 radical (unpaired) electrons. The second kappa shape index (κ2) is 7.34. The third kappa shape index (κ3) is 3.85. The quantitative estimate of drug-likeness (QED) is 0.938. The molecule has 1 aliphatic heterocycles. The van der Waals surface area contributed by atoms with Crippen LogP contribution in [-0.2, 0) is 6.54 Å². The topological polar surface area (TPSA) is 62.5 Å². The van der Waals surface area contributed by atoms with Gasteiger partial charge in [-0.2, -0.15) is 0 Å². The van der Waals surface area contributed by atoms with Crippen LogP contribution in [0.25, 0.3) is 0 Å². The number of aromatic carboxylic acids is 1. The largest absolute Gasteiger partial charge is 0.478 e. The summed E-state index contributed by atoms with van der Waals surface area (Å²) >= 11 is 0. The van der Waals surface area contributed by atoms with Crippen LogP contribution in [0.2, 0.25) is 0 Å². The number of pyridine rings is 1. The van der Waals surface area contributed by atoms with Gasteiger partial charge in [0.05, 0.1) is 17.8 Å². The molecule has 126 valence electrons. The Labute approximate surface area is 141 Å². The second-order valence-electron chi connectivity index (χ2n) is 6.26. The molecule has 5 nitrogen and oxygen atoms in total. The van der Waals surface area contributed by atoms with E-state index in [1.54, 1.807) is 34.9 Å². The van der Waals surface area contributed by atoms with Crippen LogP contribution in [0.5, 0.6) is 0 Å². The molecule has 5 heteroatoms. The molecule has 1 N–H and O–H groups in total. The van der Waals surface area contributed by atoms with Crippen molar-refractivity contribution >= 4 is 11.7 Å². The van der Waals surface area contributed by atoms with Crippen molar-refractivity contribution in [3.8, 4) is 0 Å². The molecule has 1 aromatic carbocycles. The van der Waals surface area contributed by atoms with Crippen molar-refractivity contribution in [2.24, 2.45) is 0 Å². The summed E-state index contributed by atoms with van der Waals surface area (Å²) in [7, 11) is 0. The summed E-state index contributed by atoms with van der Waals surface area (Å²) in [5, 5.41) is 8.95. The molecule has 0 unspecified atom stereocenters. The summed E-state index contributed by atoms with van der Waals surface area (Å²) in [5.41, 5.74) is 2.20. The van der Waals surface area contributed by atoms with Gasteiger partial charge in [-0.1, -0.05) is 25.0 Å². The highest BCUT2D eigenvalue weighted by Gasteiger charge is 2.11. The Bertz CT molecular complexity index is 757. The van der Waals surface area contributed by atoms with Crippen LogP contribution >= 0.6 is 0 Å². The van der Waals surface area contributed by atoms with E-state index in [4.69, 9.17) is 5.11 Å². The summed E-state index contributed by atoms with van der Waals surface area (Å²) in [6.45, 7) is 2.51. The molecule has 1 saturated heterocycles. The summed E-state index contributed by atoms with van der Waals surface area (Å²) < 4.78 is 1.69. The van der Waals surface area contributed by atoms with Crippen LogP contribution in [0, 0.1) is 0 Å². The van der Waals surface area contributed by atoms with Gasteiger partial charge >= 0.3 is 5.97 Å². The first-order chi connectivity index (χ1) is 11.6. The van der Waals surface area contributed by atoms with E-state index in [2.05, 4.69) is 4.90 Å². The van der Waals surface area contributed by atoms with Crippen molar-refractivity contribution in [1.82, 2.24) is 4.57 Å². The molecule has 0 aliphatic carbocycles. The molecule has 0 saturated carbocycles. The number of carbonyl (C=O) groups is 1. The van der Waals surface area contributed by atoms with Crippen LogP contribution in [0.15, 0.2) is 47.4 Å². The van der Waals surface area contributed by atoms with E-state index in [0.29, 0.717) is 6.54 Å². The van der Waals surface area contributed by atoms with Gasteiger partial charge in [-0.05, 0) is 36.6 Å². The lowest BCUT2D eigenvalue weighted by Gasteiger charge is -2.23. The van der Waals surface area contributed by atoms with Crippen molar-refractivity contribution in [2.45, 2.75) is 32.2 Å². The Kier molecular flexibility index (Phi) is 4.99. The minimum atomic E-state index is -0.943. The van der Waals surface area contributed by atoms with Gasteiger partial charge in [0, 0.05) is 25.4 Å². The zero-order valence-electron chi connectivity index (χ0n) is 13.6. The lowest BCUT2D eigenvalue weighted by atomic mass is 10.1. The Morgan fingerprint density at radius 1 is 0.958 bits per heavy atom. The summed E-state index contributed by atoms with van der Waals surface area (Å²) in [5.74, 6) is -0.943. The van der Waals surface area contributed by atoms with Gasteiger partial charge in [0.2, 0.25) is 0 Å². The predicted octanol–water partition coefficient (Wildman–Crippen LogP) is 2.98. The molecule has 0 amide bonds. The average Bonchev–Trinajstić information content (AvgIpc) is 2.87. The van der Waals surface area contributed by atoms with Crippen molar-refractivity contribution in [1.29, 1.82) is 0 Å². The number of aromatic nitrogens is 1. The Morgan fingerprint density at radius 2 is 1.62 bits per heavy atom. The molecule has 1 fully saturated rings. The molecule has 2 heterocycles. The van der Waals surface area contributed by atoms with Gasteiger partial charge in [0.1, 0.15) is 0 Å². The maximum Gasteiger partial charge on any atom is 0.335 e. The van der Waals surface area contributed by atoms with E-state index in [1.807, 2.05) is 12.3 Å².